The lowest BCUT2D eigenvalue weighted by atomic mass is 9.90. The van der Waals surface area contributed by atoms with Crippen LogP contribution in [0.25, 0.3) is 21.2 Å². The van der Waals surface area contributed by atoms with Crippen LogP contribution in [-0.2, 0) is 6.42 Å². The van der Waals surface area contributed by atoms with Crippen molar-refractivity contribution in [1.29, 1.82) is 5.26 Å². The molecule has 0 spiro atoms. The van der Waals surface area contributed by atoms with Crippen molar-refractivity contribution in [2.45, 2.75) is 19.4 Å². The number of hydrogen-bond acceptors (Lipinski definition) is 6. The summed E-state index contributed by atoms with van der Waals surface area (Å²) < 4.78 is 30.6. The molecule has 0 unspecified atom stereocenters. The fourth-order valence-corrected chi connectivity index (χ4v) is 5.90. The summed E-state index contributed by atoms with van der Waals surface area (Å²) in [5.41, 5.74) is 13.3. The number of rotatable bonds is 3. The number of thiophene rings is 1. The standard InChI is InChI=1S/C25H18ClF2N5OS/c1-11(12-3-2-7-32-23(12)30)33-8-6-13-15(25(33)34)9-17(26)20(21(13)28)14-4-5-18(27)22-19(14)16(10-29)24(31)35-22/h2-5,7,9,11H,6,8,31H2,1H3,(H2,30,32)/t11-/m1/s1. The van der Waals surface area contributed by atoms with E-state index in [1.54, 1.807) is 23.2 Å². The molecule has 35 heavy (non-hydrogen) atoms. The van der Waals surface area contributed by atoms with Gasteiger partial charge >= 0.3 is 0 Å². The van der Waals surface area contributed by atoms with Gasteiger partial charge in [0.25, 0.3) is 5.91 Å². The minimum atomic E-state index is -0.671. The van der Waals surface area contributed by atoms with Crippen molar-refractivity contribution >= 4 is 49.7 Å². The van der Waals surface area contributed by atoms with E-state index in [2.05, 4.69) is 4.98 Å². The van der Waals surface area contributed by atoms with Crippen LogP contribution in [-0.4, -0.2) is 22.3 Å². The van der Waals surface area contributed by atoms with E-state index in [4.69, 9.17) is 23.1 Å². The van der Waals surface area contributed by atoms with E-state index in [1.807, 2.05) is 13.0 Å². The molecule has 4 N–H and O–H groups in total. The zero-order valence-electron chi connectivity index (χ0n) is 18.4. The Bertz CT molecular complexity index is 1580. The molecule has 0 fully saturated rings. The molecule has 1 atom stereocenters. The van der Waals surface area contributed by atoms with E-state index >= 15 is 4.39 Å². The second kappa shape index (κ2) is 8.48. The molecule has 1 aliphatic heterocycles. The molecule has 0 bridgehead atoms. The van der Waals surface area contributed by atoms with Crippen LogP contribution in [0.4, 0.5) is 19.6 Å². The molecular formula is C25H18ClF2N5OS. The lowest BCUT2D eigenvalue weighted by molar-refractivity contribution is 0.0671. The third-order valence-electron chi connectivity index (χ3n) is 6.40. The Labute approximate surface area is 208 Å². The first-order valence-corrected chi connectivity index (χ1v) is 11.9. The normalized spacial score (nSPS) is 14.1. The fraction of sp³-hybridized carbons (Fsp3) is 0.160. The first-order valence-electron chi connectivity index (χ1n) is 10.7. The maximum absolute atomic E-state index is 16.0. The van der Waals surface area contributed by atoms with Gasteiger partial charge in [-0.25, -0.2) is 13.8 Å². The van der Waals surface area contributed by atoms with Crippen LogP contribution in [0, 0.1) is 23.0 Å². The van der Waals surface area contributed by atoms with Crippen molar-refractivity contribution in [3.63, 3.8) is 0 Å². The largest absolute Gasteiger partial charge is 0.389 e. The van der Waals surface area contributed by atoms with Gasteiger partial charge in [0.1, 0.15) is 28.5 Å². The maximum atomic E-state index is 16.0. The van der Waals surface area contributed by atoms with Gasteiger partial charge in [-0.1, -0.05) is 23.7 Å². The van der Waals surface area contributed by atoms with Crippen molar-refractivity contribution in [1.82, 2.24) is 9.88 Å². The van der Waals surface area contributed by atoms with Crippen LogP contribution in [0.15, 0.2) is 36.5 Å². The minimum Gasteiger partial charge on any atom is -0.389 e. The number of anilines is 2. The second-order valence-corrected chi connectivity index (χ2v) is 9.69. The average Bonchev–Trinajstić information content (AvgIpc) is 3.18. The first-order chi connectivity index (χ1) is 16.7. The van der Waals surface area contributed by atoms with Crippen LogP contribution in [0.3, 0.4) is 0 Å². The van der Waals surface area contributed by atoms with Crippen LogP contribution in [0.5, 0.6) is 0 Å². The molecule has 0 saturated heterocycles. The topological polar surface area (TPSA) is 109 Å². The van der Waals surface area contributed by atoms with Gasteiger partial charge < -0.3 is 16.4 Å². The van der Waals surface area contributed by atoms with Crippen LogP contribution in [0.1, 0.15) is 40.0 Å². The highest BCUT2D eigenvalue weighted by Gasteiger charge is 2.34. The molecule has 0 aliphatic carbocycles. The predicted molar refractivity (Wildman–Crippen MR) is 133 cm³/mol. The van der Waals surface area contributed by atoms with Gasteiger partial charge in [-0.15, -0.1) is 11.3 Å². The average molecular weight is 510 g/mol. The van der Waals surface area contributed by atoms with Crippen molar-refractivity contribution in [2.24, 2.45) is 0 Å². The summed E-state index contributed by atoms with van der Waals surface area (Å²) in [5.74, 6) is -1.29. The molecular weight excluding hydrogens is 492 g/mol. The Morgan fingerprint density at radius 3 is 2.74 bits per heavy atom. The summed E-state index contributed by atoms with van der Waals surface area (Å²) in [4.78, 5) is 19.1. The van der Waals surface area contributed by atoms with E-state index in [9.17, 15) is 14.4 Å². The van der Waals surface area contributed by atoms with E-state index < -0.39 is 11.6 Å². The molecule has 3 heterocycles. The van der Waals surface area contributed by atoms with Gasteiger partial charge in [-0.2, -0.15) is 5.26 Å². The summed E-state index contributed by atoms with van der Waals surface area (Å²) in [6.07, 6.45) is 1.81. The highest BCUT2D eigenvalue weighted by molar-refractivity contribution is 7.23. The zero-order chi connectivity index (χ0) is 25.0. The third kappa shape index (κ3) is 3.49. The smallest absolute Gasteiger partial charge is 0.254 e. The lowest BCUT2D eigenvalue weighted by Crippen LogP contribution is -2.40. The Kier molecular flexibility index (Phi) is 5.58. The molecule has 176 valence electrons. The number of benzene rings is 2. The number of fused-ring (bicyclic) bond motifs is 2. The number of aromatic nitrogens is 1. The van der Waals surface area contributed by atoms with E-state index in [-0.39, 0.29) is 72.8 Å². The predicted octanol–water partition coefficient (Wildman–Crippen LogP) is 5.69. The van der Waals surface area contributed by atoms with Crippen LogP contribution in [0.2, 0.25) is 5.02 Å². The lowest BCUT2D eigenvalue weighted by Gasteiger charge is -2.34. The highest BCUT2D eigenvalue weighted by Crippen LogP contribution is 2.45. The number of nitriles is 1. The van der Waals surface area contributed by atoms with Crippen LogP contribution < -0.4 is 11.5 Å². The number of nitrogen functional groups attached to an aromatic ring is 2. The van der Waals surface area contributed by atoms with Crippen molar-refractivity contribution < 1.29 is 13.6 Å². The number of nitrogens with zero attached hydrogens (tertiary/aromatic N) is 3. The third-order valence-corrected chi connectivity index (χ3v) is 7.73. The van der Waals surface area contributed by atoms with Crippen molar-refractivity contribution in [3.8, 4) is 17.2 Å². The number of hydrogen-bond donors (Lipinski definition) is 2. The number of pyridine rings is 1. The fourth-order valence-electron chi connectivity index (χ4n) is 4.66. The van der Waals surface area contributed by atoms with Gasteiger partial charge in [-0.3, -0.25) is 4.79 Å². The van der Waals surface area contributed by atoms with Gasteiger partial charge in [-0.05, 0) is 37.1 Å². The summed E-state index contributed by atoms with van der Waals surface area (Å²) in [7, 11) is 0. The zero-order valence-corrected chi connectivity index (χ0v) is 20.0. The molecule has 2 aromatic carbocycles. The number of halogens is 3. The van der Waals surface area contributed by atoms with Crippen molar-refractivity contribution in [3.05, 3.63) is 75.4 Å². The monoisotopic (exact) mass is 509 g/mol. The minimum absolute atomic E-state index is 0.00974. The quantitative estimate of drug-likeness (QED) is 0.368. The second-order valence-electron chi connectivity index (χ2n) is 8.23. The van der Waals surface area contributed by atoms with Gasteiger partial charge in [0.05, 0.1) is 21.3 Å². The molecule has 1 amide bonds. The molecule has 0 radical (unpaired) electrons. The van der Waals surface area contributed by atoms with Crippen LogP contribution >= 0.6 is 22.9 Å². The van der Waals surface area contributed by atoms with E-state index in [0.717, 1.165) is 11.3 Å². The van der Waals surface area contributed by atoms with E-state index in [0.29, 0.717) is 11.4 Å². The summed E-state index contributed by atoms with van der Waals surface area (Å²) in [6, 6.07) is 9.14. The SMILES string of the molecule is C[C@H](c1cccnc1N)N1CCc2c(cc(Cl)c(-c3ccc(F)c4sc(N)c(C#N)c34)c2F)C1=O. The molecule has 4 aromatic rings. The number of nitrogens with two attached hydrogens (primary N) is 2. The Balaban J connectivity index is 1.64. The van der Waals surface area contributed by atoms with Gasteiger partial charge in [0.2, 0.25) is 0 Å². The number of carbonyl (C=O) groups excluding carboxylic acids is 1. The molecule has 1 aliphatic rings. The van der Waals surface area contributed by atoms with Gasteiger partial charge in [0, 0.05) is 40.4 Å². The Hall–Kier alpha value is -3.74. The summed E-state index contributed by atoms with van der Waals surface area (Å²) >= 11 is 7.45. The number of carbonyl (C=O) groups is 1. The number of amides is 1. The summed E-state index contributed by atoms with van der Waals surface area (Å²) in [6.45, 7) is 2.09. The molecule has 0 saturated carbocycles. The molecule has 2 aromatic heterocycles. The Morgan fingerprint density at radius 2 is 2.03 bits per heavy atom. The van der Waals surface area contributed by atoms with Gasteiger partial charge in [0.15, 0.2) is 0 Å². The summed E-state index contributed by atoms with van der Waals surface area (Å²) in [5, 5.41) is 9.92. The molecule has 6 nitrogen and oxygen atoms in total. The molecule has 5 rings (SSSR count). The maximum Gasteiger partial charge on any atom is 0.254 e. The first kappa shape index (κ1) is 23.0. The Morgan fingerprint density at radius 1 is 1.26 bits per heavy atom. The molecule has 10 heteroatoms. The van der Waals surface area contributed by atoms with E-state index in [1.165, 1.54) is 18.2 Å². The van der Waals surface area contributed by atoms with Crippen molar-refractivity contribution in [2.75, 3.05) is 18.0 Å². The highest BCUT2D eigenvalue weighted by atomic mass is 35.5.